The van der Waals surface area contributed by atoms with Crippen LogP contribution in [0.4, 0.5) is 0 Å². The van der Waals surface area contributed by atoms with Crippen molar-refractivity contribution in [3.63, 3.8) is 0 Å². The number of aliphatic carboxylic acids is 1. The quantitative estimate of drug-likeness (QED) is 0.328. The molecule has 2 aliphatic heterocycles. The van der Waals surface area contributed by atoms with Gasteiger partial charge in [0, 0.05) is 23.5 Å². The summed E-state index contributed by atoms with van der Waals surface area (Å²) in [5.74, 6) is -0.749. The summed E-state index contributed by atoms with van der Waals surface area (Å²) in [7, 11) is 2.09. The van der Waals surface area contributed by atoms with Gasteiger partial charge in [-0.3, -0.25) is 4.79 Å². The van der Waals surface area contributed by atoms with Gasteiger partial charge < -0.3 is 15.3 Å². The summed E-state index contributed by atoms with van der Waals surface area (Å²) in [6.07, 6.45) is 4.19. The lowest BCUT2D eigenvalue weighted by Gasteiger charge is -2.43. The number of nitrogens with zero attached hydrogens (tertiary/aromatic N) is 4. The van der Waals surface area contributed by atoms with Crippen molar-refractivity contribution in [1.82, 2.24) is 10.2 Å². The fourth-order valence-corrected chi connectivity index (χ4v) is 3.39. The molecule has 2 saturated heterocycles. The molecule has 0 aliphatic carbocycles. The maximum Gasteiger partial charge on any atom is 0.324 e. The second-order valence-electron chi connectivity index (χ2n) is 5.58. The molecular formula is C12H21N5O2. The van der Waals surface area contributed by atoms with Crippen LogP contribution in [0, 0.1) is 0 Å². The molecule has 7 heteroatoms. The Hall–Kier alpha value is -1.30. The molecule has 0 radical (unpaired) electrons. The van der Waals surface area contributed by atoms with E-state index in [9.17, 15) is 9.90 Å². The number of hydrogen-bond acceptors (Lipinski definition) is 4. The molecule has 2 bridgehead atoms. The van der Waals surface area contributed by atoms with Gasteiger partial charge in [-0.2, -0.15) is 0 Å². The third-order valence-electron chi connectivity index (χ3n) is 4.52. The number of rotatable bonds is 6. The first kappa shape index (κ1) is 14.1. The van der Waals surface area contributed by atoms with E-state index in [-0.39, 0.29) is 0 Å². The second kappa shape index (κ2) is 5.77. The second-order valence-corrected chi connectivity index (χ2v) is 5.58. The van der Waals surface area contributed by atoms with Crippen LogP contribution in [0.15, 0.2) is 5.11 Å². The summed E-state index contributed by atoms with van der Waals surface area (Å²) >= 11 is 0. The van der Waals surface area contributed by atoms with Crippen molar-refractivity contribution in [2.45, 2.75) is 49.7 Å². The number of hydrogen-bond donors (Lipinski definition) is 2. The normalized spacial score (nSPS) is 33.9. The molecule has 0 amide bonds. The third kappa shape index (κ3) is 2.83. The number of piperidine rings is 1. The highest BCUT2D eigenvalue weighted by molar-refractivity contribution is 5.79. The molecule has 2 rings (SSSR count). The van der Waals surface area contributed by atoms with Crippen LogP contribution in [0.2, 0.25) is 0 Å². The van der Waals surface area contributed by atoms with Crippen LogP contribution >= 0.6 is 0 Å². The molecule has 106 valence electrons. The van der Waals surface area contributed by atoms with Crippen LogP contribution in [0.25, 0.3) is 10.4 Å². The van der Waals surface area contributed by atoms with Crippen LogP contribution in [0.5, 0.6) is 0 Å². The van der Waals surface area contributed by atoms with Crippen molar-refractivity contribution in [3.8, 4) is 0 Å². The molecule has 0 aromatic carbocycles. The van der Waals surface area contributed by atoms with Crippen molar-refractivity contribution < 1.29 is 9.90 Å². The van der Waals surface area contributed by atoms with Crippen LogP contribution in [-0.2, 0) is 4.79 Å². The zero-order chi connectivity index (χ0) is 13.9. The van der Waals surface area contributed by atoms with Gasteiger partial charge in [0.25, 0.3) is 0 Å². The molecule has 0 aromatic heterocycles. The van der Waals surface area contributed by atoms with Gasteiger partial charge in [0.15, 0.2) is 0 Å². The van der Waals surface area contributed by atoms with Crippen molar-refractivity contribution in [3.05, 3.63) is 10.4 Å². The Kier molecular flexibility index (Phi) is 4.29. The highest BCUT2D eigenvalue weighted by atomic mass is 16.4. The fourth-order valence-electron chi connectivity index (χ4n) is 3.39. The summed E-state index contributed by atoms with van der Waals surface area (Å²) in [6.45, 7) is 0.987. The maximum absolute atomic E-state index is 11.7. The lowest BCUT2D eigenvalue weighted by atomic mass is 9.83. The molecule has 2 heterocycles. The predicted octanol–water partition coefficient (Wildman–Crippen LogP) is 1.36. The van der Waals surface area contributed by atoms with Gasteiger partial charge in [0.05, 0.1) is 0 Å². The van der Waals surface area contributed by atoms with Crippen molar-refractivity contribution in [1.29, 1.82) is 0 Å². The fraction of sp³-hybridized carbons (Fsp3) is 0.917. The smallest absolute Gasteiger partial charge is 0.324 e. The van der Waals surface area contributed by atoms with Gasteiger partial charge in [-0.25, -0.2) is 0 Å². The minimum Gasteiger partial charge on any atom is -0.480 e. The highest BCUT2D eigenvalue weighted by Crippen LogP contribution is 2.39. The largest absolute Gasteiger partial charge is 0.480 e. The van der Waals surface area contributed by atoms with E-state index in [0.717, 1.165) is 12.8 Å². The SMILES string of the molecule is CN1C2CCC1CC(NCCCN=[N+]=[N-])(C(=O)O)C2. The molecule has 0 aromatic rings. The highest BCUT2D eigenvalue weighted by Gasteiger charge is 2.50. The first-order valence-corrected chi connectivity index (χ1v) is 6.80. The summed E-state index contributed by atoms with van der Waals surface area (Å²) in [4.78, 5) is 16.7. The van der Waals surface area contributed by atoms with Gasteiger partial charge in [-0.1, -0.05) is 5.11 Å². The minimum absolute atomic E-state index is 0.375. The van der Waals surface area contributed by atoms with E-state index in [2.05, 4.69) is 27.3 Å². The number of carboxylic acids is 1. The standard InChI is InChI=1S/C12H21N5O2/c1-17-9-3-4-10(17)8-12(7-9,11(18)19)14-5-2-6-15-16-13/h9-10,14H,2-8H2,1H3,(H,18,19). The molecule has 0 saturated carbocycles. The van der Waals surface area contributed by atoms with Gasteiger partial charge in [0.1, 0.15) is 5.54 Å². The van der Waals surface area contributed by atoms with Gasteiger partial charge >= 0.3 is 5.97 Å². The zero-order valence-electron chi connectivity index (χ0n) is 11.2. The Bertz CT molecular complexity index is 380. The van der Waals surface area contributed by atoms with Gasteiger partial charge in [0.2, 0.25) is 0 Å². The van der Waals surface area contributed by atoms with E-state index >= 15 is 0 Å². The van der Waals surface area contributed by atoms with E-state index in [4.69, 9.17) is 5.53 Å². The van der Waals surface area contributed by atoms with Crippen molar-refractivity contribution >= 4 is 5.97 Å². The average molecular weight is 267 g/mol. The van der Waals surface area contributed by atoms with Crippen LogP contribution < -0.4 is 5.32 Å². The molecular weight excluding hydrogens is 246 g/mol. The average Bonchev–Trinajstić information content (AvgIpc) is 2.63. The van der Waals surface area contributed by atoms with E-state index in [1.165, 1.54) is 0 Å². The molecule has 0 spiro atoms. The Morgan fingerprint density at radius 3 is 2.68 bits per heavy atom. The Morgan fingerprint density at radius 2 is 2.16 bits per heavy atom. The topological polar surface area (TPSA) is 101 Å². The van der Waals surface area contributed by atoms with Crippen LogP contribution in [0.1, 0.15) is 32.1 Å². The van der Waals surface area contributed by atoms with Gasteiger partial charge in [-0.05, 0) is 51.2 Å². The lowest BCUT2D eigenvalue weighted by Crippen LogP contribution is -2.61. The molecule has 2 aliphatic rings. The predicted molar refractivity (Wildman–Crippen MR) is 70.8 cm³/mol. The Morgan fingerprint density at radius 1 is 1.53 bits per heavy atom. The number of fused-ring (bicyclic) bond motifs is 2. The number of azide groups is 1. The van der Waals surface area contributed by atoms with E-state index in [1.54, 1.807) is 0 Å². The maximum atomic E-state index is 11.7. The molecule has 2 unspecified atom stereocenters. The summed E-state index contributed by atoms with van der Waals surface area (Å²) in [5, 5.41) is 16.2. The van der Waals surface area contributed by atoms with Crippen molar-refractivity contribution in [2.24, 2.45) is 5.11 Å². The van der Waals surface area contributed by atoms with Gasteiger partial charge in [-0.15, -0.1) is 0 Å². The first-order valence-electron chi connectivity index (χ1n) is 6.80. The Balaban J connectivity index is 1.96. The third-order valence-corrected chi connectivity index (χ3v) is 4.52. The number of carboxylic acid groups (broad SMARTS) is 1. The molecule has 19 heavy (non-hydrogen) atoms. The molecule has 2 N–H and O–H groups in total. The number of carbonyl (C=O) groups is 1. The molecule has 7 nitrogen and oxygen atoms in total. The number of nitrogens with one attached hydrogen (secondary N) is 1. The Labute approximate surface area is 112 Å². The monoisotopic (exact) mass is 267 g/mol. The van der Waals surface area contributed by atoms with E-state index in [1.807, 2.05) is 0 Å². The molecule has 2 atom stereocenters. The summed E-state index contributed by atoms with van der Waals surface area (Å²) < 4.78 is 0. The summed E-state index contributed by atoms with van der Waals surface area (Å²) in [6, 6.07) is 0.749. The van der Waals surface area contributed by atoms with E-state index in [0.29, 0.717) is 44.4 Å². The summed E-state index contributed by atoms with van der Waals surface area (Å²) in [5.41, 5.74) is 7.40. The van der Waals surface area contributed by atoms with Crippen LogP contribution in [0.3, 0.4) is 0 Å². The first-order chi connectivity index (χ1) is 9.09. The lowest BCUT2D eigenvalue weighted by molar-refractivity contribution is -0.148. The zero-order valence-corrected chi connectivity index (χ0v) is 11.2. The van der Waals surface area contributed by atoms with E-state index < -0.39 is 11.5 Å². The molecule has 2 fully saturated rings. The minimum atomic E-state index is -0.797. The van der Waals surface area contributed by atoms with Crippen LogP contribution in [-0.4, -0.2) is 53.7 Å². The van der Waals surface area contributed by atoms with Crippen molar-refractivity contribution in [2.75, 3.05) is 20.1 Å².